The lowest BCUT2D eigenvalue weighted by Gasteiger charge is -2.21. The minimum atomic E-state index is -0.0445. The molecule has 0 aliphatic rings. The number of nitriles is 1. The third-order valence-electron chi connectivity index (χ3n) is 2.51. The van der Waals surface area contributed by atoms with Crippen molar-refractivity contribution in [3.05, 3.63) is 29.3 Å². The maximum Gasteiger partial charge on any atom is 0.239 e. The van der Waals surface area contributed by atoms with Crippen LogP contribution in [-0.2, 0) is 4.79 Å². The summed E-state index contributed by atoms with van der Waals surface area (Å²) in [7, 11) is 1.81. The van der Waals surface area contributed by atoms with Crippen molar-refractivity contribution in [3.8, 4) is 6.07 Å². The van der Waals surface area contributed by atoms with Crippen molar-refractivity contribution in [1.82, 2.24) is 5.32 Å². The van der Waals surface area contributed by atoms with Crippen LogP contribution in [0.25, 0.3) is 0 Å². The van der Waals surface area contributed by atoms with E-state index in [0.717, 1.165) is 11.3 Å². The first kappa shape index (κ1) is 14.0. The van der Waals surface area contributed by atoms with Gasteiger partial charge in [-0.05, 0) is 38.5 Å². The lowest BCUT2D eigenvalue weighted by Crippen LogP contribution is -2.38. The Kier molecular flexibility index (Phi) is 4.73. The van der Waals surface area contributed by atoms with Crippen molar-refractivity contribution in [3.63, 3.8) is 0 Å². The summed E-state index contributed by atoms with van der Waals surface area (Å²) in [6.07, 6.45) is 0. The van der Waals surface area contributed by atoms with E-state index < -0.39 is 0 Å². The highest BCUT2D eigenvalue weighted by Gasteiger charge is 2.11. The second kappa shape index (κ2) is 6.06. The summed E-state index contributed by atoms with van der Waals surface area (Å²) in [5.74, 6) is -0.0445. The van der Waals surface area contributed by atoms with Crippen LogP contribution >= 0.6 is 0 Å². The number of amides is 1. The normalized spacial score (nSPS) is 10.0. The maximum absolute atomic E-state index is 11.7. The highest BCUT2D eigenvalue weighted by Crippen LogP contribution is 2.19. The fraction of sp³-hybridized carbons (Fsp3) is 0.429. The number of benzene rings is 1. The van der Waals surface area contributed by atoms with Crippen LogP contribution in [-0.4, -0.2) is 25.5 Å². The van der Waals surface area contributed by atoms with Crippen LogP contribution in [0.4, 0.5) is 5.69 Å². The fourth-order valence-corrected chi connectivity index (χ4v) is 1.74. The van der Waals surface area contributed by atoms with Crippen molar-refractivity contribution in [1.29, 1.82) is 5.26 Å². The van der Waals surface area contributed by atoms with Gasteiger partial charge in [0.05, 0.1) is 17.8 Å². The molecule has 1 N–H and O–H groups in total. The minimum absolute atomic E-state index is 0.0445. The Morgan fingerprint density at radius 1 is 1.50 bits per heavy atom. The van der Waals surface area contributed by atoms with Gasteiger partial charge >= 0.3 is 0 Å². The summed E-state index contributed by atoms with van der Waals surface area (Å²) in [4.78, 5) is 13.5. The van der Waals surface area contributed by atoms with Gasteiger partial charge in [-0.1, -0.05) is 6.07 Å². The second-order valence-electron chi connectivity index (χ2n) is 4.71. The third-order valence-corrected chi connectivity index (χ3v) is 2.51. The molecule has 0 atom stereocenters. The van der Waals surface area contributed by atoms with E-state index in [1.165, 1.54) is 0 Å². The average Bonchev–Trinajstić information content (AvgIpc) is 2.27. The maximum atomic E-state index is 11.7. The van der Waals surface area contributed by atoms with Crippen LogP contribution in [0.5, 0.6) is 0 Å². The van der Waals surface area contributed by atoms with Gasteiger partial charge in [0, 0.05) is 13.1 Å². The molecule has 0 saturated heterocycles. The Morgan fingerprint density at radius 2 is 2.17 bits per heavy atom. The Morgan fingerprint density at radius 3 is 2.72 bits per heavy atom. The first-order valence-electron chi connectivity index (χ1n) is 5.95. The molecule has 1 amide bonds. The number of hydrogen-bond donors (Lipinski definition) is 1. The standard InChI is InChI=1S/C14H19N3O/c1-10(2)16-14(18)9-17(4)13-6-5-11(3)7-12(13)8-15/h5-7,10H,9H2,1-4H3,(H,16,18). The molecule has 0 heterocycles. The van der Waals surface area contributed by atoms with Gasteiger partial charge in [-0.3, -0.25) is 4.79 Å². The number of carbonyl (C=O) groups is 1. The van der Waals surface area contributed by atoms with Crippen molar-refractivity contribution in [2.75, 3.05) is 18.5 Å². The first-order chi connectivity index (χ1) is 8.43. The highest BCUT2D eigenvalue weighted by atomic mass is 16.2. The molecular weight excluding hydrogens is 226 g/mol. The van der Waals surface area contributed by atoms with Crippen LogP contribution in [0.1, 0.15) is 25.0 Å². The predicted octanol–water partition coefficient (Wildman–Crippen LogP) is 1.83. The lowest BCUT2D eigenvalue weighted by molar-refractivity contribution is -0.120. The van der Waals surface area contributed by atoms with Crippen molar-refractivity contribution in [2.24, 2.45) is 0 Å². The summed E-state index contributed by atoms with van der Waals surface area (Å²) in [5.41, 5.74) is 2.41. The summed E-state index contributed by atoms with van der Waals surface area (Å²) < 4.78 is 0. The molecule has 18 heavy (non-hydrogen) atoms. The van der Waals surface area contributed by atoms with Crippen LogP contribution in [0.3, 0.4) is 0 Å². The van der Waals surface area contributed by atoms with E-state index in [1.807, 2.05) is 46.0 Å². The van der Waals surface area contributed by atoms with Crippen molar-refractivity contribution >= 4 is 11.6 Å². The van der Waals surface area contributed by atoms with Crippen LogP contribution in [0.15, 0.2) is 18.2 Å². The first-order valence-corrected chi connectivity index (χ1v) is 5.95. The summed E-state index contributed by atoms with van der Waals surface area (Å²) >= 11 is 0. The smallest absolute Gasteiger partial charge is 0.239 e. The second-order valence-corrected chi connectivity index (χ2v) is 4.71. The van der Waals surface area contributed by atoms with E-state index in [2.05, 4.69) is 11.4 Å². The fourth-order valence-electron chi connectivity index (χ4n) is 1.74. The number of nitrogens with zero attached hydrogens (tertiary/aromatic N) is 2. The molecule has 0 fully saturated rings. The predicted molar refractivity (Wildman–Crippen MR) is 72.4 cm³/mol. The molecule has 4 heteroatoms. The summed E-state index contributed by atoms with van der Waals surface area (Å²) in [6.45, 7) is 6.03. The number of anilines is 1. The molecule has 1 rings (SSSR count). The summed E-state index contributed by atoms with van der Waals surface area (Å²) in [5, 5.41) is 11.9. The molecule has 1 aromatic rings. The molecule has 0 bridgehead atoms. The van der Waals surface area contributed by atoms with Crippen LogP contribution < -0.4 is 10.2 Å². The van der Waals surface area contributed by atoms with Gasteiger partial charge < -0.3 is 10.2 Å². The average molecular weight is 245 g/mol. The Balaban J connectivity index is 2.82. The number of nitrogens with one attached hydrogen (secondary N) is 1. The van der Waals surface area contributed by atoms with Gasteiger partial charge in [-0.25, -0.2) is 0 Å². The number of likely N-dealkylation sites (N-methyl/N-ethyl adjacent to an activating group) is 1. The molecule has 0 saturated carbocycles. The lowest BCUT2D eigenvalue weighted by atomic mass is 10.1. The highest BCUT2D eigenvalue weighted by molar-refractivity contribution is 5.82. The molecule has 0 aromatic heterocycles. The molecule has 0 radical (unpaired) electrons. The molecule has 1 aromatic carbocycles. The van der Waals surface area contributed by atoms with Crippen molar-refractivity contribution in [2.45, 2.75) is 26.8 Å². The number of hydrogen-bond acceptors (Lipinski definition) is 3. The molecule has 4 nitrogen and oxygen atoms in total. The SMILES string of the molecule is Cc1ccc(N(C)CC(=O)NC(C)C)c(C#N)c1. The zero-order chi connectivity index (χ0) is 13.7. The van der Waals surface area contributed by atoms with Gasteiger partial charge in [0.25, 0.3) is 0 Å². The van der Waals surface area contributed by atoms with Gasteiger partial charge in [-0.2, -0.15) is 5.26 Å². The minimum Gasteiger partial charge on any atom is -0.364 e. The quantitative estimate of drug-likeness (QED) is 0.880. The number of carbonyl (C=O) groups excluding carboxylic acids is 1. The molecule has 0 aliphatic heterocycles. The van der Waals surface area contributed by atoms with E-state index >= 15 is 0 Å². The van der Waals surface area contributed by atoms with E-state index in [9.17, 15) is 4.79 Å². The van der Waals surface area contributed by atoms with Gasteiger partial charge in [-0.15, -0.1) is 0 Å². The van der Waals surface area contributed by atoms with Gasteiger partial charge in [0.15, 0.2) is 0 Å². The Labute approximate surface area is 108 Å². The van der Waals surface area contributed by atoms with Gasteiger partial charge in [0.1, 0.15) is 6.07 Å². The number of aryl methyl sites for hydroxylation is 1. The Bertz CT molecular complexity index is 474. The zero-order valence-electron chi connectivity index (χ0n) is 11.3. The number of rotatable bonds is 4. The van der Waals surface area contributed by atoms with Crippen LogP contribution in [0, 0.1) is 18.3 Å². The van der Waals surface area contributed by atoms with Crippen LogP contribution in [0.2, 0.25) is 0 Å². The summed E-state index contributed by atoms with van der Waals surface area (Å²) in [6, 6.07) is 7.92. The topological polar surface area (TPSA) is 56.1 Å². The largest absolute Gasteiger partial charge is 0.364 e. The molecular formula is C14H19N3O. The van der Waals surface area contributed by atoms with Gasteiger partial charge in [0.2, 0.25) is 5.91 Å². The molecule has 0 spiro atoms. The van der Waals surface area contributed by atoms with E-state index in [4.69, 9.17) is 5.26 Å². The third kappa shape index (κ3) is 3.77. The van der Waals surface area contributed by atoms with E-state index in [0.29, 0.717) is 5.56 Å². The zero-order valence-corrected chi connectivity index (χ0v) is 11.3. The Hall–Kier alpha value is -2.02. The monoisotopic (exact) mass is 245 g/mol. The van der Waals surface area contributed by atoms with E-state index in [1.54, 1.807) is 4.90 Å². The molecule has 96 valence electrons. The van der Waals surface area contributed by atoms with E-state index in [-0.39, 0.29) is 18.5 Å². The molecule has 0 unspecified atom stereocenters. The molecule has 0 aliphatic carbocycles. The van der Waals surface area contributed by atoms with Crippen molar-refractivity contribution < 1.29 is 4.79 Å².